The molecule has 0 bridgehead atoms. The molecule has 4 nitrogen and oxygen atoms in total. The van der Waals surface area contributed by atoms with Crippen molar-refractivity contribution in [3.8, 4) is 0 Å². The molecule has 1 N–H and O–H groups in total. The van der Waals surface area contributed by atoms with Gasteiger partial charge in [0.25, 0.3) is 5.91 Å². The minimum Gasteiger partial charge on any atom is -0.354 e. The van der Waals surface area contributed by atoms with Crippen LogP contribution in [0.25, 0.3) is 0 Å². The highest BCUT2D eigenvalue weighted by Gasteiger charge is 2.40. The number of rotatable bonds is 7. The summed E-state index contributed by atoms with van der Waals surface area (Å²) in [6.45, 7) is 0.834. The van der Waals surface area contributed by atoms with Crippen LogP contribution in [0.5, 0.6) is 0 Å². The maximum atomic E-state index is 13.9. The highest BCUT2D eigenvalue weighted by Crippen LogP contribution is 2.34. The van der Waals surface area contributed by atoms with Crippen molar-refractivity contribution in [3.05, 3.63) is 107 Å². The van der Waals surface area contributed by atoms with E-state index in [0.717, 1.165) is 11.1 Å². The molecule has 1 atom stereocenters. The Hall–Kier alpha value is -3.47. The third-order valence-electron chi connectivity index (χ3n) is 5.40. The van der Waals surface area contributed by atoms with Gasteiger partial charge in [0.15, 0.2) is 0 Å². The SMILES string of the molecule is O=C(NCCc1ccccc1)C1c2cc(F)ccc2C(=O)N1CCc1ccccc1. The van der Waals surface area contributed by atoms with E-state index in [1.165, 1.54) is 18.2 Å². The first-order valence-electron chi connectivity index (χ1n) is 10.1. The van der Waals surface area contributed by atoms with Crippen LogP contribution in [0, 0.1) is 5.82 Å². The van der Waals surface area contributed by atoms with Crippen LogP contribution in [0.15, 0.2) is 78.9 Å². The summed E-state index contributed by atoms with van der Waals surface area (Å²) in [6.07, 6.45) is 1.31. The number of carbonyl (C=O) groups excluding carboxylic acids is 2. The molecule has 0 saturated heterocycles. The molecule has 152 valence electrons. The van der Waals surface area contributed by atoms with Gasteiger partial charge in [-0.2, -0.15) is 0 Å². The van der Waals surface area contributed by atoms with E-state index in [1.807, 2.05) is 60.7 Å². The van der Waals surface area contributed by atoms with Gasteiger partial charge >= 0.3 is 0 Å². The Morgan fingerprint density at radius 3 is 2.20 bits per heavy atom. The van der Waals surface area contributed by atoms with Gasteiger partial charge in [-0.3, -0.25) is 9.59 Å². The van der Waals surface area contributed by atoms with Crippen LogP contribution in [-0.2, 0) is 17.6 Å². The lowest BCUT2D eigenvalue weighted by Gasteiger charge is -2.24. The van der Waals surface area contributed by atoms with Crippen molar-refractivity contribution >= 4 is 11.8 Å². The van der Waals surface area contributed by atoms with Crippen LogP contribution in [-0.4, -0.2) is 29.8 Å². The van der Waals surface area contributed by atoms with Gasteiger partial charge in [-0.25, -0.2) is 4.39 Å². The van der Waals surface area contributed by atoms with Gasteiger partial charge in [-0.15, -0.1) is 0 Å². The van der Waals surface area contributed by atoms with E-state index in [9.17, 15) is 14.0 Å². The quantitative estimate of drug-likeness (QED) is 0.651. The molecule has 0 aromatic heterocycles. The summed E-state index contributed by atoms with van der Waals surface area (Å²) in [5.41, 5.74) is 3.03. The summed E-state index contributed by atoms with van der Waals surface area (Å²) in [6, 6.07) is 22.9. The summed E-state index contributed by atoms with van der Waals surface area (Å²) >= 11 is 0. The number of nitrogens with zero attached hydrogens (tertiary/aromatic N) is 1. The molecule has 3 aromatic carbocycles. The van der Waals surface area contributed by atoms with Gasteiger partial charge in [0.2, 0.25) is 5.91 Å². The number of nitrogens with one attached hydrogen (secondary N) is 1. The number of hydrogen-bond acceptors (Lipinski definition) is 2. The third-order valence-corrected chi connectivity index (χ3v) is 5.40. The fraction of sp³-hybridized carbons (Fsp3) is 0.200. The Kier molecular flexibility index (Phi) is 5.89. The zero-order chi connectivity index (χ0) is 20.9. The first-order valence-corrected chi connectivity index (χ1v) is 10.1. The van der Waals surface area contributed by atoms with Gasteiger partial charge in [-0.05, 0) is 47.7 Å². The normalized spacial score (nSPS) is 15.2. The van der Waals surface area contributed by atoms with Crippen LogP contribution in [0.3, 0.4) is 0 Å². The topological polar surface area (TPSA) is 49.4 Å². The monoisotopic (exact) mass is 402 g/mol. The summed E-state index contributed by atoms with van der Waals surface area (Å²) in [5.74, 6) is -0.964. The molecular formula is C25H23FN2O2. The molecule has 2 amide bonds. The fourth-order valence-corrected chi connectivity index (χ4v) is 3.87. The molecule has 0 fully saturated rings. The van der Waals surface area contributed by atoms with E-state index < -0.39 is 11.9 Å². The number of amides is 2. The van der Waals surface area contributed by atoms with E-state index in [2.05, 4.69) is 5.32 Å². The Morgan fingerprint density at radius 2 is 1.53 bits per heavy atom. The Balaban J connectivity index is 1.51. The second kappa shape index (κ2) is 8.91. The van der Waals surface area contributed by atoms with Crippen LogP contribution in [0.1, 0.15) is 33.1 Å². The predicted octanol–water partition coefficient (Wildman–Crippen LogP) is 3.92. The molecule has 4 rings (SSSR count). The molecule has 1 unspecified atom stereocenters. The minimum absolute atomic E-state index is 0.232. The first kappa shape index (κ1) is 19.8. The predicted molar refractivity (Wildman–Crippen MR) is 113 cm³/mol. The van der Waals surface area contributed by atoms with E-state index >= 15 is 0 Å². The number of carbonyl (C=O) groups is 2. The molecule has 1 aliphatic rings. The van der Waals surface area contributed by atoms with Crippen LogP contribution in [0.2, 0.25) is 0 Å². The highest BCUT2D eigenvalue weighted by atomic mass is 19.1. The van der Waals surface area contributed by atoms with Gasteiger partial charge in [0.1, 0.15) is 11.9 Å². The molecule has 0 spiro atoms. The lowest BCUT2D eigenvalue weighted by molar-refractivity contribution is -0.125. The largest absolute Gasteiger partial charge is 0.354 e. The van der Waals surface area contributed by atoms with E-state index in [-0.39, 0.29) is 11.8 Å². The van der Waals surface area contributed by atoms with Crippen molar-refractivity contribution in [2.75, 3.05) is 13.1 Å². The molecular weight excluding hydrogens is 379 g/mol. The summed E-state index contributed by atoms with van der Waals surface area (Å²) in [5, 5.41) is 2.93. The molecule has 1 aliphatic heterocycles. The summed E-state index contributed by atoms with van der Waals surface area (Å²) in [4.78, 5) is 27.6. The standard InChI is InChI=1S/C25H23FN2O2/c26-20-11-12-21-22(17-20)23(24(29)27-15-13-18-7-3-1-4-8-18)28(25(21)30)16-14-19-9-5-2-6-10-19/h1-12,17,23H,13-16H2,(H,27,29). The van der Waals surface area contributed by atoms with Gasteiger partial charge < -0.3 is 10.2 Å². The Bertz CT molecular complexity index is 1040. The molecule has 3 aromatic rings. The van der Waals surface area contributed by atoms with Crippen LogP contribution in [0.4, 0.5) is 4.39 Å². The lowest BCUT2D eigenvalue weighted by atomic mass is 10.0. The molecule has 0 saturated carbocycles. The number of fused-ring (bicyclic) bond motifs is 1. The van der Waals surface area contributed by atoms with Crippen LogP contribution < -0.4 is 5.32 Å². The molecule has 0 aliphatic carbocycles. The van der Waals surface area contributed by atoms with Crippen molar-refractivity contribution in [2.45, 2.75) is 18.9 Å². The van der Waals surface area contributed by atoms with Crippen molar-refractivity contribution in [3.63, 3.8) is 0 Å². The zero-order valence-electron chi connectivity index (χ0n) is 16.6. The number of halogens is 1. The molecule has 30 heavy (non-hydrogen) atoms. The third kappa shape index (κ3) is 4.25. The van der Waals surface area contributed by atoms with E-state index in [1.54, 1.807) is 4.90 Å². The molecule has 0 radical (unpaired) electrons. The van der Waals surface area contributed by atoms with Crippen molar-refractivity contribution in [2.24, 2.45) is 0 Å². The average molecular weight is 402 g/mol. The molecule has 5 heteroatoms. The second-order valence-corrected chi connectivity index (χ2v) is 7.39. The lowest BCUT2D eigenvalue weighted by Crippen LogP contribution is -2.40. The maximum absolute atomic E-state index is 13.9. The smallest absolute Gasteiger partial charge is 0.255 e. The average Bonchev–Trinajstić information content (AvgIpc) is 3.04. The van der Waals surface area contributed by atoms with Gasteiger partial charge in [0, 0.05) is 18.7 Å². The minimum atomic E-state index is -0.817. The molecule has 1 heterocycles. The Labute approximate surface area is 175 Å². The van der Waals surface area contributed by atoms with Crippen LogP contribution >= 0.6 is 0 Å². The fourth-order valence-electron chi connectivity index (χ4n) is 3.87. The van der Waals surface area contributed by atoms with E-state index in [4.69, 9.17) is 0 Å². The second-order valence-electron chi connectivity index (χ2n) is 7.39. The van der Waals surface area contributed by atoms with E-state index in [0.29, 0.717) is 37.1 Å². The highest BCUT2D eigenvalue weighted by molar-refractivity contribution is 6.04. The summed E-state index contributed by atoms with van der Waals surface area (Å²) in [7, 11) is 0. The first-order chi connectivity index (χ1) is 14.6. The number of benzene rings is 3. The Morgan fingerprint density at radius 1 is 0.900 bits per heavy atom. The van der Waals surface area contributed by atoms with Crippen molar-refractivity contribution in [1.29, 1.82) is 0 Å². The summed E-state index contributed by atoms with van der Waals surface area (Å²) < 4.78 is 13.9. The van der Waals surface area contributed by atoms with Gasteiger partial charge in [0.05, 0.1) is 0 Å². The zero-order valence-corrected chi connectivity index (χ0v) is 16.6. The van der Waals surface area contributed by atoms with Gasteiger partial charge in [-0.1, -0.05) is 60.7 Å². The van der Waals surface area contributed by atoms with Crippen molar-refractivity contribution < 1.29 is 14.0 Å². The maximum Gasteiger partial charge on any atom is 0.255 e. The van der Waals surface area contributed by atoms with Crippen molar-refractivity contribution in [1.82, 2.24) is 10.2 Å². The number of hydrogen-bond donors (Lipinski definition) is 1.